The number of amides is 1. The summed E-state index contributed by atoms with van der Waals surface area (Å²) in [5, 5.41) is 3.00. The molecular formula is C22H20ClFN2O3S. The van der Waals surface area contributed by atoms with E-state index in [0.717, 1.165) is 15.4 Å². The van der Waals surface area contributed by atoms with Gasteiger partial charge in [0.05, 0.1) is 11.4 Å². The molecule has 5 nitrogen and oxygen atoms in total. The van der Waals surface area contributed by atoms with Crippen molar-refractivity contribution in [1.82, 2.24) is 4.31 Å². The number of benzene rings is 3. The van der Waals surface area contributed by atoms with E-state index in [2.05, 4.69) is 5.32 Å². The van der Waals surface area contributed by atoms with Crippen LogP contribution >= 0.6 is 11.6 Å². The maximum Gasteiger partial charge on any atom is 0.243 e. The van der Waals surface area contributed by atoms with Crippen molar-refractivity contribution >= 4 is 33.2 Å². The van der Waals surface area contributed by atoms with E-state index in [1.807, 2.05) is 31.2 Å². The Hall–Kier alpha value is -2.74. The molecule has 156 valence electrons. The van der Waals surface area contributed by atoms with Gasteiger partial charge in [0.2, 0.25) is 15.9 Å². The van der Waals surface area contributed by atoms with Crippen LogP contribution in [0, 0.1) is 12.7 Å². The number of carbonyl (C=O) groups is 1. The fourth-order valence-corrected chi connectivity index (χ4v) is 4.28. The average molecular weight is 447 g/mol. The number of nitrogens with one attached hydrogen (secondary N) is 1. The monoisotopic (exact) mass is 446 g/mol. The molecule has 0 aromatic heterocycles. The Morgan fingerprint density at radius 3 is 2.17 bits per heavy atom. The highest BCUT2D eigenvalue weighted by Gasteiger charge is 2.27. The van der Waals surface area contributed by atoms with Crippen LogP contribution in [-0.2, 0) is 21.4 Å². The van der Waals surface area contributed by atoms with E-state index in [4.69, 9.17) is 11.6 Å². The Bertz CT molecular complexity index is 1120. The highest BCUT2D eigenvalue weighted by atomic mass is 35.5. The summed E-state index contributed by atoms with van der Waals surface area (Å²) in [5.41, 5.74) is 2.16. The smallest absolute Gasteiger partial charge is 0.243 e. The first-order chi connectivity index (χ1) is 14.2. The molecular weight excluding hydrogens is 427 g/mol. The van der Waals surface area contributed by atoms with Crippen molar-refractivity contribution in [3.63, 3.8) is 0 Å². The Morgan fingerprint density at radius 2 is 1.57 bits per heavy atom. The Kier molecular flexibility index (Phi) is 6.87. The van der Waals surface area contributed by atoms with Crippen LogP contribution in [0.5, 0.6) is 0 Å². The molecule has 0 aliphatic rings. The van der Waals surface area contributed by atoms with E-state index in [9.17, 15) is 17.6 Å². The molecule has 0 saturated carbocycles. The average Bonchev–Trinajstić information content (AvgIpc) is 2.71. The minimum atomic E-state index is -3.97. The number of anilines is 1. The molecule has 0 aliphatic heterocycles. The molecule has 0 aliphatic carbocycles. The number of hydrogen-bond acceptors (Lipinski definition) is 3. The van der Waals surface area contributed by atoms with Gasteiger partial charge in [0, 0.05) is 17.3 Å². The number of nitrogens with zero attached hydrogens (tertiary/aromatic N) is 1. The molecule has 0 saturated heterocycles. The van der Waals surface area contributed by atoms with Crippen molar-refractivity contribution in [2.75, 3.05) is 11.9 Å². The van der Waals surface area contributed by atoms with Gasteiger partial charge in [-0.1, -0.05) is 41.4 Å². The predicted octanol–water partition coefficient (Wildman–Crippen LogP) is 4.62. The lowest BCUT2D eigenvalue weighted by Crippen LogP contribution is -2.37. The summed E-state index contributed by atoms with van der Waals surface area (Å²) in [5.74, 6) is -0.967. The third-order valence-electron chi connectivity index (χ3n) is 4.38. The second kappa shape index (κ2) is 9.38. The van der Waals surface area contributed by atoms with Gasteiger partial charge in [-0.05, 0) is 61.0 Å². The number of halogens is 2. The minimum absolute atomic E-state index is 0.0159. The van der Waals surface area contributed by atoms with Crippen LogP contribution in [0.2, 0.25) is 5.02 Å². The lowest BCUT2D eigenvalue weighted by molar-refractivity contribution is -0.116. The molecule has 3 aromatic carbocycles. The summed E-state index contributed by atoms with van der Waals surface area (Å²) in [6.45, 7) is 1.54. The standard InChI is InChI=1S/C22H20ClFN2O3S/c1-16-2-4-17(5-3-16)14-26(30(28,29)21-12-6-18(23)7-13-21)15-22(27)25-20-10-8-19(24)9-11-20/h2-13H,14-15H2,1H3,(H,25,27). The molecule has 30 heavy (non-hydrogen) atoms. The van der Waals surface area contributed by atoms with Crippen molar-refractivity contribution in [3.8, 4) is 0 Å². The SMILES string of the molecule is Cc1ccc(CN(CC(=O)Nc2ccc(F)cc2)S(=O)(=O)c2ccc(Cl)cc2)cc1. The Labute approximate surface area is 180 Å². The van der Waals surface area contributed by atoms with Gasteiger partial charge in [-0.25, -0.2) is 12.8 Å². The van der Waals surface area contributed by atoms with Gasteiger partial charge >= 0.3 is 0 Å². The highest BCUT2D eigenvalue weighted by Crippen LogP contribution is 2.21. The molecule has 1 N–H and O–H groups in total. The van der Waals surface area contributed by atoms with E-state index < -0.39 is 28.3 Å². The first-order valence-corrected chi connectivity index (χ1v) is 10.9. The van der Waals surface area contributed by atoms with Crippen LogP contribution in [0.1, 0.15) is 11.1 Å². The second-order valence-corrected chi connectivity index (χ2v) is 9.14. The number of hydrogen-bond donors (Lipinski definition) is 1. The van der Waals surface area contributed by atoms with Gasteiger partial charge in [0.25, 0.3) is 0 Å². The van der Waals surface area contributed by atoms with Crippen molar-refractivity contribution in [3.05, 3.63) is 94.8 Å². The van der Waals surface area contributed by atoms with Crippen molar-refractivity contribution in [1.29, 1.82) is 0 Å². The molecule has 0 fully saturated rings. The van der Waals surface area contributed by atoms with Crippen LogP contribution in [0.15, 0.2) is 77.7 Å². The number of rotatable bonds is 7. The topological polar surface area (TPSA) is 66.5 Å². The normalized spacial score (nSPS) is 11.5. The zero-order valence-corrected chi connectivity index (χ0v) is 17.8. The summed E-state index contributed by atoms with van der Waals surface area (Å²) < 4.78 is 40.6. The van der Waals surface area contributed by atoms with E-state index in [-0.39, 0.29) is 11.4 Å². The summed E-state index contributed by atoms with van der Waals surface area (Å²) in [4.78, 5) is 12.6. The maximum absolute atomic E-state index is 13.2. The number of aryl methyl sites for hydroxylation is 1. The Balaban J connectivity index is 1.86. The number of sulfonamides is 1. The summed E-state index contributed by atoms with van der Waals surface area (Å²) in [6, 6.07) is 18.4. The summed E-state index contributed by atoms with van der Waals surface area (Å²) in [7, 11) is -3.97. The molecule has 0 atom stereocenters. The van der Waals surface area contributed by atoms with Crippen LogP contribution in [-0.4, -0.2) is 25.2 Å². The number of carbonyl (C=O) groups excluding carboxylic acids is 1. The van der Waals surface area contributed by atoms with Gasteiger partial charge in [0.15, 0.2) is 0 Å². The Morgan fingerprint density at radius 1 is 0.967 bits per heavy atom. The molecule has 0 heterocycles. The third-order valence-corrected chi connectivity index (χ3v) is 6.44. The lowest BCUT2D eigenvalue weighted by Gasteiger charge is -2.22. The summed E-state index contributed by atoms with van der Waals surface area (Å²) >= 11 is 5.87. The van der Waals surface area contributed by atoms with Gasteiger partial charge in [0.1, 0.15) is 5.82 Å². The fraction of sp³-hybridized carbons (Fsp3) is 0.136. The minimum Gasteiger partial charge on any atom is -0.325 e. The van der Waals surface area contributed by atoms with E-state index in [1.165, 1.54) is 48.5 Å². The zero-order chi connectivity index (χ0) is 21.7. The maximum atomic E-state index is 13.2. The molecule has 0 radical (unpaired) electrons. The molecule has 8 heteroatoms. The van der Waals surface area contributed by atoms with Gasteiger partial charge < -0.3 is 5.32 Å². The van der Waals surface area contributed by atoms with Crippen molar-refractivity contribution < 1.29 is 17.6 Å². The van der Waals surface area contributed by atoms with Crippen LogP contribution in [0.3, 0.4) is 0 Å². The van der Waals surface area contributed by atoms with Gasteiger partial charge in [-0.3, -0.25) is 4.79 Å². The van der Waals surface area contributed by atoms with Crippen LogP contribution in [0.25, 0.3) is 0 Å². The second-order valence-electron chi connectivity index (χ2n) is 6.77. The van der Waals surface area contributed by atoms with E-state index >= 15 is 0 Å². The van der Waals surface area contributed by atoms with E-state index in [0.29, 0.717) is 10.7 Å². The molecule has 3 rings (SSSR count). The molecule has 3 aromatic rings. The summed E-state index contributed by atoms with van der Waals surface area (Å²) in [6.07, 6.45) is 0. The third kappa shape index (κ3) is 5.66. The first-order valence-electron chi connectivity index (χ1n) is 9.11. The van der Waals surface area contributed by atoms with Gasteiger partial charge in [-0.15, -0.1) is 0 Å². The first kappa shape index (κ1) is 22.0. The van der Waals surface area contributed by atoms with Crippen LogP contribution < -0.4 is 5.32 Å². The van der Waals surface area contributed by atoms with Crippen molar-refractivity contribution in [2.24, 2.45) is 0 Å². The van der Waals surface area contributed by atoms with E-state index in [1.54, 1.807) is 0 Å². The quantitative estimate of drug-likeness (QED) is 0.576. The molecule has 0 spiro atoms. The fourth-order valence-electron chi connectivity index (χ4n) is 2.77. The van der Waals surface area contributed by atoms with Crippen molar-refractivity contribution in [2.45, 2.75) is 18.4 Å². The molecule has 0 bridgehead atoms. The van der Waals surface area contributed by atoms with Gasteiger partial charge in [-0.2, -0.15) is 4.31 Å². The predicted molar refractivity (Wildman–Crippen MR) is 115 cm³/mol. The lowest BCUT2D eigenvalue weighted by atomic mass is 10.1. The highest BCUT2D eigenvalue weighted by molar-refractivity contribution is 7.89. The van der Waals surface area contributed by atoms with Crippen LogP contribution in [0.4, 0.5) is 10.1 Å². The molecule has 0 unspecified atom stereocenters. The molecule has 1 amide bonds. The largest absolute Gasteiger partial charge is 0.325 e. The zero-order valence-electron chi connectivity index (χ0n) is 16.2.